The zero-order chi connectivity index (χ0) is 12.5. The zero-order valence-electron chi connectivity index (χ0n) is 10.1. The largest absolute Gasteiger partial charge is 0.394 e. The molecule has 2 aliphatic heterocycles. The highest BCUT2D eigenvalue weighted by molar-refractivity contribution is 5.92. The van der Waals surface area contributed by atoms with E-state index in [4.69, 9.17) is 0 Å². The number of hydrogen-bond donors (Lipinski definition) is 2. The Balaban J connectivity index is 1.73. The summed E-state index contributed by atoms with van der Waals surface area (Å²) in [5.74, 6) is -0.120. The third kappa shape index (κ3) is 1.89. The van der Waals surface area contributed by atoms with Crippen molar-refractivity contribution in [3.05, 3.63) is 11.9 Å². The van der Waals surface area contributed by atoms with Gasteiger partial charge in [-0.3, -0.25) is 4.79 Å². The maximum Gasteiger partial charge on any atom is 0.276 e. The van der Waals surface area contributed by atoms with Gasteiger partial charge in [-0.2, -0.15) is 0 Å². The van der Waals surface area contributed by atoms with E-state index < -0.39 is 0 Å². The first-order chi connectivity index (χ1) is 8.79. The molecule has 0 aromatic carbocycles. The van der Waals surface area contributed by atoms with Crippen LogP contribution in [0.2, 0.25) is 0 Å². The van der Waals surface area contributed by atoms with Gasteiger partial charge in [0.2, 0.25) is 0 Å². The number of aliphatic hydroxyl groups is 1. The Morgan fingerprint density at radius 1 is 1.56 bits per heavy atom. The van der Waals surface area contributed by atoms with E-state index >= 15 is 0 Å². The van der Waals surface area contributed by atoms with Crippen molar-refractivity contribution >= 4 is 5.91 Å². The van der Waals surface area contributed by atoms with Crippen LogP contribution in [-0.2, 0) is 0 Å². The van der Waals surface area contributed by atoms with E-state index in [1.54, 1.807) is 15.8 Å². The number of nitrogens with zero attached hydrogens (tertiary/aromatic N) is 4. The van der Waals surface area contributed by atoms with Gasteiger partial charge >= 0.3 is 0 Å². The second-order valence-corrected chi connectivity index (χ2v) is 4.87. The molecule has 3 heterocycles. The Labute approximate surface area is 105 Å². The number of aliphatic hydroxyl groups excluding tert-OH is 1. The highest BCUT2D eigenvalue weighted by Crippen LogP contribution is 2.19. The van der Waals surface area contributed by atoms with Crippen molar-refractivity contribution < 1.29 is 9.90 Å². The van der Waals surface area contributed by atoms with Crippen LogP contribution < -0.4 is 5.32 Å². The zero-order valence-corrected chi connectivity index (χ0v) is 10.1. The highest BCUT2D eigenvalue weighted by Gasteiger charge is 2.31. The van der Waals surface area contributed by atoms with Gasteiger partial charge in [0.25, 0.3) is 5.91 Å². The molecule has 2 aliphatic rings. The molecule has 0 spiro atoms. The van der Waals surface area contributed by atoms with Crippen LogP contribution in [-0.4, -0.2) is 63.2 Å². The summed E-state index contributed by atoms with van der Waals surface area (Å²) in [5.41, 5.74) is 0.377. The molecule has 7 nitrogen and oxygen atoms in total. The molecule has 0 bridgehead atoms. The molecule has 0 saturated carbocycles. The molecule has 2 fully saturated rings. The summed E-state index contributed by atoms with van der Waals surface area (Å²) in [4.78, 5) is 13.9. The van der Waals surface area contributed by atoms with E-state index in [0.29, 0.717) is 18.3 Å². The molecule has 1 aromatic rings. The smallest absolute Gasteiger partial charge is 0.276 e. The lowest BCUT2D eigenvalue weighted by atomic mass is 10.2. The summed E-state index contributed by atoms with van der Waals surface area (Å²) in [5, 5.41) is 20.3. The van der Waals surface area contributed by atoms with Gasteiger partial charge in [-0.25, -0.2) is 4.68 Å². The van der Waals surface area contributed by atoms with Crippen LogP contribution >= 0.6 is 0 Å². The summed E-state index contributed by atoms with van der Waals surface area (Å²) in [6.07, 6.45) is 3.52. The van der Waals surface area contributed by atoms with Crippen LogP contribution in [0, 0.1) is 0 Å². The number of carbonyl (C=O) groups is 1. The van der Waals surface area contributed by atoms with E-state index in [2.05, 4.69) is 15.6 Å². The van der Waals surface area contributed by atoms with Crippen molar-refractivity contribution in [2.75, 3.05) is 26.2 Å². The SMILES string of the molecule is O=C(c1cn(C2CNC2)nn1)N1CCC[C@@H]1CO. The Hall–Kier alpha value is -1.47. The van der Waals surface area contributed by atoms with Crippen molar-refractivity contribution in [1.29, 1.82) is 0 Å². The lowest BCUT2D eigenvalue weighted by Gasteiger charge is -2.26. The number of nitrogens with one attached hydrogen (secondary N) is 1. The number of hydrogen-bond acceptors (Lipinski definition) is 5. The Morgan fingerprint density at radius 3 is 3.06 bits per heavy atom. The van der Waals surface area contributed by atoms with Gasteiger partial charge in [-0.05, 0) is 12.8 Å². The molecule has 1 atom stereocenters. The van der Waals surface area contributed by atoms with E-state index in [1.165, 1.54) is 0 Å². The average Bonchev–Trinajstić information content (AvgIpc) is 2.93. The van der Waals surface area contributed by atoms with Gasteiger partial charge in [-0.1, -0.05) is 5.21 Å². The van der Waals surface area contributed by atoms with Gasteiger partial charge in [0.15, 0.2) is 5.69 Å². The second-order valence-electron chi connectivity index (χ2n) is 4.87. The van der Waals surface area contributed by atoms with Gasteiger partial charge in [-0.15, -0.1) is 5.10 Å². The molecule has 2 saturated heterocycles. The first-order valence-electron chi connectivity index (χ1n) is 6.34. The first kappa shape index (κ1) is 11.6. The number of likely N-dealkylation sites (tertiary alicyclic amines) is 1. The van der Waals surface area contributed by atoms with E-state index in [0.717, 1.165) is 25.9 Å². The van der Waals surface area contributed by atoms with Crippen LogP contribution in [0.3, 0.4) is 0 Å². The maximum atomic E-state index is 12.2. The van der Waals surface area contributed by atoms with Gasteiger partial charge in [0.1, 0.15) is 0 Å². The quantitative estimate of drug-likeness (QED) is 0.721. The van der Waals surface area contributed by atoms with Crippen LogP contribution in [0.1, 0.15) is 29.4 Å². The molecule has 1 aromatic heterocycles. The monoisotopic (exact) mass is 251 g/mol. The lowest BCUT2D eigenvalue weighted by Crippen LogP contribution is -2.43. The minimum absolute atomic E-state index is 0.0203. The topological polar surface area (TPSA) is 83.3 Å². The second kappa shape index (κ2) is 4.66. The van der Waals surface area contributed by atoms with Crippen LogP contribution in [0.15, 0.2) is 6.20 Å². The van der Waals surface area contributed by atoms with Crippen molar-refractivity contribution in [2.24, 2.45) is 0 Å². The highest BCUT2D eigenvalue weighted by atomic mass is 16.3. The fraction of sp³-hybridized carbons (Fsp3) is 0.727. The number of rotatable bonds is 3. The summed E-state index contributed by atoms with van der Waals surface area (Å²) in [6.45, 7) is 2.47. The Morgan fingerprint density at radius 2 is 2.39 bits per heavy atom. The minimum atomic E-state index is -0.120. The summed E-state index contributed by atoms with van der Waals surface area (Å²) >= 11 is 0. The summed E-state index contributed by atoms with van der Waals surface area (Å²) in [6, 6.07) is 0.249. The third-order valence-electron chi connectivity index (χ3n) is 3.71. The van der Waals surface area contributed by atoms with Crippen molar-refractivity contribution in [1.82, 2.24) is 25.2 Å². The van der Waals surface area contributed by atoms with Gasteiger partial charge in [0, 0.05) is 19.6 Å². The molecule has 18 heavy (non-hydrogen) atoms. The molecule has 0 radical (unpaired) electrons. The van der Waals surface area contributed by atoms with Crippen molar-refractivity contribution in [2.45, 2.75) is 24.9 Å². The normalized spacial score (nSPS) is 24.3. The van der Waals surface area contributed by atoms with E-state index in [-0.39, 0.29) is 18.6 Å². The molecule has 1 amide bonds. The lowest BCUT2D eigenvalue weighted by molar-refractivity contribution is 0.0671. The fourth-order valence-electron chi connectivity index (χ4n) is 2.45. The molecular weight excluding hydrogens is 234 g/mol. The van der Waals surface area contributed by atoms with Gasteiger partial charge in [0.05, 0.1) is 24.9 Å². The molecule has 3 rings (SSSR count). The Bertz CT molecular complexity index is 442. The third-order valence-corrected chi connectivity index (χ3v) is 3.71. The van der Waals surface area contributed by atoms with Crippen LogP contribution in [0.25, 0.3) is 0 Å². The maximum absolute atomic E-state index is 12.2. The molecule has 2 N–H and O–H groups in total. The van der Waals surface area contributed by atoms with Crippen LogP contribution in [0.5, 0.6) is 0 Å². The molecule has 0 unspecified atom stereocenters. The number of amides is 1. The minimum Gasteiger partial charge on any atom is -0.394 e. The average molecular weight is 251 g/mol. The molecule has 7 heteroatoms. The first-order valence-corrected chi connectivity index (χ1v) is 6.34. The summed E-state index contributed by atoms with van der Waals surface area (Å²) in [7, 11) is 0. The summed E-state index contributed by atoms with van der Waals surface area (Å²) < 4.78 is 1.74. The Kier molecular flexibility index (Phi) is 3.00. The molecule has 0 aliphatic carbocycles. The predicted octanol–water partition coefficient (Wildman–Crippen LogP) is -0.981. The van der Waals surface area contributed by atoms with Gasteiger partial charge < -0.3 is 15.3 Å². The number of aromatic nitrogens is 3. The standard InChI is InChI=1S/C11H17N5O2/c17-7-8-2-1-3-15(8)11(18)10-6-16(14-13-10)9-4-12-5-9/h6,8-9,12,17H,1-5,7H2/t8-/m1/s1. The molecule has 98 valence electrons. The predicted molar refractivity (Wildman–Crippen MR) is 63.1 cm³/mol. The van der Waals surface area contributed by atoms with Crippen molar-refractivity contribution in [3.8, 4) is 0 Å². The van der Waals surface area contributed by atoms with Crippen LogP contribution in [0.4, 0.5) is 0 Å². The fourth-order valence-corrected chi connectivity index (χ4v) is 2.45. The van der Waals surface area contributed by atoms with E-state index in [1.807, 2.05) is 0 Å². The number of carbonyl (C=O) groups excluding carboxylic acids is 1. The van der Waals surface area contributed by atoms with Crippen molar-refractivity contribution in [3.63, 3.8) is 0 Å². The van der Waals surface area contributed by atoms with E-state index in [9.17, 15) is 9.90 Å². The molecular formula is C11H17N5O2.